The number of azo groups is 6. The Balaban J connectivity index is 1.07. The van der Waals surface area contributed by atoms with E-state index in [2.05, 4.69) is 66.7 Å². The molecule has 0 bridgehead atoms. The van der Waals surface area contributed by atoms with Gasteiger partial charge in [-0.25, -0.2) is 0 Å². The molecule has 0 aromatic heterocycles. The van der Waals surface area contributed by atoms with Crippen molar-refractivity contribution in [3.63, 3.8) is 0 Å². The lowest BCUT2D eigenvalue weighted by Crippen LogP contribution is -2.05. The standard InChI is InChI=1S/C49H40N16O18S6/c1-53-47-43(89(81,82)83)25-39(45(51)49(47)65-59-29-8-4-27(5-9-29)55-57-31-12-18-35(19-13-31)85(69,70)71)63-61-33-15-21-37(41(23-33)87(75,76)77)36-20-14-32(22-40(36)86(72,73)74)60-62-38-24-42(88(78,79)80)46(52)48(44(38)50)64-58-28-6-2-26(3-7-28)54-56-30-10-16-34(17-11-30)84(66,67)68/h2-25,53H,50-52H2,1H3,(H,66,67,68)(H,69,70,71)(H,72,73,74)(H,75,76,77)(H,78,79,80)(H,81,82,83). The Hall–Kier alpha value is -9.98. The Morgan fingerprint density at radius 1 is 0.292 bits per heavy atom. The quantitative estimate of drug-likeness (QED) is 0.0192. The average molecular weight is 1330 g/mol. The summed E-state index contributed by atoms with van der Waals surface area (Å²) in [6.07, 6.45) is 0. The van der Waals surface area contributed by atoms with Gasteiger partial charge in [-0.1, -0.05) is 12.1 Å². The first-order chi connectivity index (χ1) is 41.6. The molecule has 34 nitrogen and oxygen atoms in total. The fourth-order valence-corrected chi connectivity index (χ4v) is 11.3. The molecule has 40 heteroatoms. The van der Waals surface area contributed by atoms with Crippen LogP contribution in [0.5, 0.6) is 0 Å². The molecule has 8 aromatic carbocycles. The summed E-state index contributed by atoms with van der Waals surface area (Å²) in [4.78, 5) is -4.55. The Labute approximate surface area is 503 Å². The van der Waals surface area contributed by atoms with Gasteiger partial charge in [0.1, 0.15) is 42.3 Å². The Bertz CT molecular complexity index is 5060. The molecule has 0 saturated heterocycles. The summed E-state index contributed by atoms with van der Waals surface area (Å²) in [6, 6.07) is 27.9. The predicted molar refractivity (Wildman–Crippen MR) is 317 cm³/mol. The molecule has 0 spiro atoms. The van der Waals surface area contributed by atoms with Crippen molar-refractivity contribution in [1.29, 1.82) is 0 Å². The second-order valence-corrected chi connectivity index (χ2v) is 26.2. The third-order valence-electron chi connectivity index (χ3n) is 11.8. The summed E-state index contributed by atoms with van der Waals surface area (Å²) in [5, 5.41) is 50.3. The molecular weight excluding hydrogens is 1290 g/mol. The molecule has 0 radical (unpaired) electrons. The van der Waals surface area contributed by atoms with E-state index in [9.17, 15) is 73.3 Å². The van der Waals surface area contributed by atoms with Gasteiger partial charge in [0.2, 0.25) is 0 Å². The van der Waals surface area contributed by atoms with E-state index in [1.807, 2.05) is 0 Å². The van der Waals surface area contributed by atoms with Crippen LogP contribution in [0.15, 0.2) is 236 Å². The van der Waals surface area contributed by atoms with Crippen molar-refractivity contribution in [2.24, 2.45) is 61.4 Å². The zero-order chi connectivity index (χ0) is 65.0. The van der Waals surface area contributed by atoms with E-state index in [4.69, 9.17) is 21.8 Å². The number of benzene rings is 8. The topological polar surface area (TPSA) is 565 Å². The van der Waals surface area contributed by atoms with Crippen LogP contribution >= 0.6 is 0 Å². The summed E-state index contributed by atoms with van der Waals surface area (Å²) in [7, 11) is -28.5. The number of nitrogens with one attached hydrogen (secondary N) is 1. The van der Waals surface area contributed by atoms with Gasteiger partial charge in [0, 0.05) is 18.2 Å². The number of nitrogens with zero attached hydrogens (tertiary/aromatic N) is 12. The van der Waals surface area contributed by atoms with Crippen molar-refractivity contribution in [3.05, 3.63) is 146 Å². The second kappa shape index (κ2) is 25.4. The third-order valence-corrected chi connectivity index (χ3v) is 17.1. The highest BCUT2D eigenvalue weighted by Gasteiger charge is 2.27. The highest BCUT2D eigenvalue weighted by Crippen LogP contribution is 2.47. The number of hydrogen-bond donors (Lipinski definition) is 10. The first-order valence-electron chi connectivity index (χ1n) is 24.0. The maximum Gasteiger partial charge on any atom is 0.296 e. The highest BCUT2D eigenvalue weighted by molar-refractivity contribution is 7.87. The molecule has 8 aromatic rings. The van der Waals surface area contributed by atoms with E-state index < -0.39 is 143 Å². The number of rotatable bonds is 20. The summed E-state index contributed by atoms with van der Waals surface area (Å²) >= 11 is 0. The Kier molecular flexibility index (Phi) is 18.5. The lowest BCUT2D eigenvalue weighted by Gasteiger charge is -2.14. The SMILES string of the molecule is CNc1c(S(=O)(=O)O)cc(N=Nc2ccc(-c3ccc(N=Nc4cc(S(=O)(=O)O)c(N)c(N=Nc5ccc(N=Nc6ccc(S(=O)(=O)O)cc6)cc5)c4N)cc3S(=O)(=O)O)c(S(=O)(=O)O)c2)c(N)c1N=Nc1ccc(N=Nc2ccc(S(=O)(=O)O)cc2)cc1. The van der Waals surface area contributed by atoms with Crippen LogP contribution in [0.4, 0.5) is 91.0 Å². The van der Waals surface area contributed by atoms with E-state index >= 15 is 0 Å². The van der Waals surface area contributed by atoms with Gasteiger partial charge in [0.05, 0.1) is 78.0 Å². The largest absolute Gasteiger partial charge is 0.396 e. The molecule has 0 heterocycles. The minimum Gasteiger partial charge on any atom is -0.396 e. The van der Waals surface area contributed by atoms with E-state index in [1.165, 1.54) is 79.8 Å². The van der Waals surface area contributed by atoms with Gasteiger partial charge in [-0.15, -0.1) is 20.5 Å². The van der Waals surface area contributed by atoms with E-state index in [-0.39, 0.29) is 43.9 Å². The molecule has 0 aliphatic heterocycles. The zero-order valence-corrected chi connectivity index (χ0v) is 49.4. The van der Waals surface area contributed by atoms with Crippen molar-refractivity contribution in [2.75, 3.05) is 29.6 Å². The van der Waals surface area contributed by atoms with Crippen LogP contribution in [0.2, 0.25) is 0 Å². The lowest BCUT2D eigenvalue weighted by atomic mass is 10.0. The first kappa shape index (κ1) is 65.0. The number of anilines is 4. The molecule has 89 heavy (non-hydrogen) atoms. The molecule has 0 aliphatic carbocycles. The lowest BCUT2D eigenvalue weighted by molar-refractivity contribution is 0.480. The normalized spacial score (nSPS) is 13.1. The molecule has 460 valence electrons. The zero-order valence-electron chi connectivity index (χ0n) is 44.5. The van der Waals surface area contributed by atoms with Gasteiger partial charge in [-0.3, -0.25) is 27.3 Å². The van der Waals surface area contributed by atoms with Gasteiger partial charge in [-0.05, 0) is 133 Å². The van der Waals surface area contributed by atoms with Crippen LogP contribution in [0.3, 0.4) is 0 Å². The van der Waals surface area contributed by atoms with Crippen LogP contribution in [-0.2, 0) is 60.7 Å². The van der Waals surface area contributed by atoms with E-state index in [0.29, 0.717) is 23.9 Å². The van der Waals surface area contributed by atoms with Gasteiger partial charge in [-0.2, -0.15) is 91.4 Å². The highest BCUT2D eigenvalue weighted by atomic mass is 32.2. The molecule has 8 rings (SSSR count). The first-order valence-corrected chi connectivity index (χ1v) is 32.6. The molecule has 0 aliphatic rings. The van der Waals surface area contributed by atoms with Gasteiger partial charge >= 0.3 is 0 Å². The van der Waals surface area contributed by atoms with Crippen LogP contribution in [0, 0.1) is 0 Å². The van der Waals surface area contributed by atoms with Crippen molar-refractivity contribution in [2.45, 2.75) is 29.4 Å². The number of hydrogen-bond acceptors (Lipinski definition) is 28. The monoisotopic (exact) mass is 1330 g/mol. The smallest absolute Gasteiger partial charge is 0.296 e. The maximum absolute atomic E-state index is 13.0. The molecule has 13 N–H and O–H groups in total. The van der Waals surface area contributed by atoms with Gasteiger partial charge < -0.3 is 22.5 Å². The fourth-order valence-electron chi connectivity index (χ4n) is 7.57. The van der Waals surface area contributed by atoms with Crippen LogP contribution in [0.25, 0.3) is 11.1 Å². The Morgan fingerprint density at radius 3 is 0.876 bits per heavy atom. The van der Waals surface area contributed by atoms with Crippen molar-refractivity contribution in [1.82, 2.24) is 0 Å². The second-order valence-electron chi connectivity index (χ2n) is 17.8. The molecular formula is C49H40N16O18S6. The van der Waals surface area contributed by atoms with E-state index in [0.717, 1.165) is 54.6 Å². The van der Waals surface area contributed by atoms with Crippen LogP contribution in [-0.4, -0.2) is 84.9 Å². The predicted octanol–water partition coefficient (Wildman–Crippen LogP) is 12.1. The number of nitrogens with two attached hydrogens (primary N) is 3. The van der Waals surface area contributed by atoms with Crippen LogP contribution in [0.1, 0.15) is 0 Å². The molecule has 0 saturated carbocycles. The molecule has 0 fully saturated rings. The summed E-state index contributed by atoms with van der Waals surface area (Å²) in [6.45, 7) is 0. The van der Waals surface area contributed by atoms with Crippen molar-refractivity contribution in [3.8, 4) is 11.1 Å². The third kappa shape index (κ3) is 16.0. The van der Waals surface area contributed by atoms with Gasteiger partial charge in [0.25, 0.3) is 60.7 Å². The maximum atomic E-state index is 13.0. The van der Waals surface area contributed by atoms with E-state index in [1.54, 1.807) is 0 Å². The van der Waals surface area contributed by atoms with Crippen molar-refractivity contribution >= 4 is 152 Å². The van der Waals surface area contributed by atoms with Crippen LogP contribution < -0.4 is 22.5 Å². The fraction of sp³-hybridized carbons (Fsp3) is 0.0204. The summed E-state index contributed by atoms with van der Waals surface area (Å²) < 4.78 is 207. The minimum atomic E-state index is -5.35. The molecule has 0 amide bonds. The summed E-state index contributed by atoms with van der Waals surface area (Å²) in [5.41, 5.74) is 14.2. The molecule has 0 atom stereocenters. The van der Waals surface area contributed by atoms with Crippen molar-refractivity contribution < 1.29 is 77.8 Å². The average Bonchev–Trinajstić information content (AvgIpc) is 0.914. The Morgan fingerprint density at radius 2 is 0.562 bits per heavy atom. The minimum absolute atomic E-state index is 0.114. The molecule has 0 unspecified atom stereocenters. The summed E-state index contributed by atoms with van der Waals surface area (Å²) in [5.74, 6) is 0. The van der Waals surface area contributed by atoms with Gasteiger partial charge in [0.15, 0.2) is 0 Å². The number of nitrogen functional groups attached to an aromatic ring is 3.